The van der Waals surface area contributed by atoms with Crippen molar-refractivity contribution in [1.82, 2.24) is 4.90 Å². The van der Waals surface area contributed by atoms with Crippen LogP contribution in [0.2, 0.25) is 0 Å². The number of rotatable bonds is 10. The minimum absolute atomic E-state index is 0.100. The van der Waals surface area contributed by atoms with Gasteiger partial charge in [0.05, 0.1) is 40.5 Å². The summed E-state index contributed by atoms with van der Waals surface area (Å²) in [6.45, 7) is 3.36. The summed E-state index contributed by atoms with van der Waals surface area (Å²) in [5, 5.41) is 10.4. The van der Waals surface area contributed by atoms with Gasteiger partial charge in [0.2, 0.25) is 0 Å². The molecule has 0 unspecified atom stereocenters. The second-order valence-corrected chi connectivity index (χ2v) is 8.24. The third-order valence-corrected chi connectivity index (χ3v) is 6.24. The number of methoxy groups -OCH3 is 2. The summed E-state index contributed by atoms with van der Waals surface area (Å²) < 4.78 is 33.3. The first kappa shape index (κ1) is 22.9. The number of ketones is 1. The summed E-state index contributed by atoms with van der Waals surface area (Å²) in [5.41, 5.74) is 0.279. The molecule has 0 aliphatic carbocycles. The van der Waals surface area contributed by atoms with Crippen LogP contribution in [-0.2, 0) is 29.7 Å². The van der Waals surface area contributed by atoms with Crippen molar-refractivity contribution in [3.63, 3.8) is 0 Å². The normalized spacial score (nSPS) is 16.3. The monoisotopic (exact) mass is 427 g/mol. The number of hydrogen-bond acceptors (Lipinski definition) is 8. The third-order valence-electron chi connectivity index (χ3n) is 4.25. The summed E-state index contributed by atoms with van der Waals surface area (Å²) in [7, 11) is -0.634. The van der Waals surface area contributed by atoms with Crippen LogP contribution in [0.25, 0.3) is 0 Å². The van der Waals surface area contributed by atoms with E-state index in [0.29, 0.717) is 17.1 Å². The lowest BCUT2D eigenvalue weighted by atomic mass is 10.1. The minimum Gasteiger partial charge on any atom is -0.511 e. The summed E-state index contributed by atoms with van der Waals surface area (Å²) in [4.78, 5) is 26.4. The van der Waals surface area contributed by atoms with Crippen LogP contribution in [0.1, 0.15) is 19.4 Å². The van der Waals surface area contributed by atoms with Gasteiger partial charge in [-0.15, -0.1) is 0 Å². The Hall–Kier alpha value is -2.35. The fourth-order valence-electron chi connectivity index (χ4n) is 2.99. The van der Waals surface area contributed by atoms with Crippen molar-refractivity contribution in [2.24, 2.45) is 0 Å². The fourth-order valence-corrected chi connectivity index (χ4v) is 4.56. The zero-order valence-corrected chi connectivity index (χ0v) is 17.9. The average Bonchev–Trinajstić information content (AvgIpc) is 2.95. The fraction of sp³-hybridized carbons (Fsp3) is 0.474. The SMILES string of the molecule is CCOP(=O)(C/C(O)=C1\C(=O)CN(Cc2ccc(OC)cc2OC)C1=O)OCC. The molecule has 10 heteroatoms. The standard InChI is InChI=1S/C19H26NO8P/c1-5-27-29(24,28-6-2)12-16(22)18-15(21)11-20(19(18)23)10-13-7-8-14(25-3)9-17(13)26-4/h7-9,22H,5-6,10-12H2,1-4H3/b18-16-. The Morgan fingerprint density at radius 2 is 1.79 bits per heavy atom. The number of aliphatic hydroxyl groups is 1. The molecule has 0 atom stereocenters. The van der Waals surface area contributed by atoms with Crippen LogP contribution in [0.4, 0.5) is 0 Å². The summed E-state index contributed by atoms with van der Waals surface area (Å²) >= 11 is 0. The van der Waals surface area contributed by atoms with Crippen LogP contribution in [0.15, 0.2) is 29.5 Å². The first-order chi connectivity index (χ1) is 13.8. The maximum Gasteiger partial charge on any atom is 0.338 e. The summed E-state index contributed by atoms with van der Waals surface area (Å²) in [6.07, 6.45) is -0.540. The van der Waals surface area contributed by atoms with E-state index in [1.807, 2.05) is 0 Å². The van der Waals surface area contributed by atoms with Crippen LogP contribution < -0.4 is 9.47 Å². The molecule has 1 saturated heterocycles. The number of Topliss-reactive ketones (excluding diaryl/α,β-unsaturated/α-hetero) is 1. The molecule has 0 spiro atoms. The van der Waals surface area contributed by atoms with Crippen LogP contribution in [0.5, 0.6) is 11.5 Å². The van der Waals surface area contributed by atoms with Gasteiger partial charge in [-0.2, -0.15) is 0 Å². The van der Waals surface area contributed by atoms with Crippen LogP contribution in [-0.4, -0.2) is 61.8 Å². The number of likely N-dealkylation sites (tertiary alicyclic amines) is 1. The van der Waals surface area contributed by atoms with Crippen molar-refractivity contribution in [3.05, 3.63) is 35.1 Å². The Bertz CT molecular complexity index is 841. The van der Waals surface area contributed by atoms with E-state index in [9.17, 15) is 19.3 Å². The second-order valence-electron chi connectivity index (χ2n) is 6.19. The highest BCUT2D eigenvalue weighted by atomic mass is 31.2. The molecule has 160 valence electrons. The number of ether oxygens (including phenoxy) is 2. The highest BCUT2D eigenvalue weighted by molar-refractivity contribution is 7.54. The van der Waals surface area contributed by atoms with Crippen molar-refractivity contribution in [2.45, 2.75) is 20.4 Å². The topological polar surface area (TPSA) is 112 Å². The van der Waals surface area contributed by atoms with Gasteiger partial charge < -0.3 is 28.5 Å². The molecule has 9 nitrogen and oxygen atoms in total. The molecule has 1 fully saturated rings. The number of hydrogen-bond donors (Lipinski definition) is 1. The molecule has 0 bridgehead atoms. The third kappa shape index (κ3) is 5.38. The van der Waals surface area contributed by atoms with E-state index in [4.69, 9.17) is 18.5 Å². The van der Waals surface area contributed by atoms with E-state index in [0.717, 1.165) is 0 Å². The molecule has 2 rings (SSSR count). The first-order valence-corrected chi connectivity index (χ1v) is 10.8. The molecule has 1 aromatic carbocycles. The number of benzene rings is 1. The van der Waals surface area contributed by atoms with Crippen molar-refractivity contribution in [1.29, 1.82) is 0 Å². The number of nitrogens with zero attached hydrogens (tertiary/aromatic N) is 1. The molecule has 1 aliphatic rings. The van der Waals surface area contributed by atoms with Gasteiger partial charge >= 0.3 is 7.60 Å². The predicted molar refractivity (Wildman–Crippen MR) is 105 cm³/mol. The number of carbonyl (C=O) groups is 2. The number of allylic oxidation sites excluding steroid dienone is 1. The number of amides is 1. The van der Waals surface area contributed by atoms with E-state index < -0.39 is 36.8 Å². The van der Waals surface area contributed by atoms with Gasteiger partial charge in [0.1, 0.15) is 29.0 Å². The lowest BCUT2D eigenvalue weighted by Gasteiger charge is -2.18. The largest absolute Gasteiger partial charge is 0.511 e. The zero-order chi connectivity index (χ0) is 21.6. The molecule has 0 aromatic heterocycles. The van der Waals surface area contributed by atoms with E-state index in [2.05, 4.69) is 0 Å². The minimum atomic E-state index is -3.65. The Balaban J connectivity index is 2.25. The van der Waals surface area contributed by atoms with Gasteiger partial charge in [0.15, 0.2) is 5.78 Å². The average molecular weight is 427 g/mol. The second kappa shape index (κ2) is 9.91. The molecule has 1 amide bonds. The van der Waals surface area contributed by atoms with Crippen molar-refractivity contribution in [3.8, 4) is 11.5 Å². The van der Waals surface area contributed by atoms with Gasteiger partial charge in [0.25, 0.3) is 5.91 Å². The Morgan fingerprint density at radius 1 is 1.14 bits per heavy atom. The van der Waals surface area contributed by atoms with Gasteiger partial charge in [-0.25, -0.2) is 0 Å². The van der Waals surface area contributed by atoms with Crippen molar-refractivity contribution in [2.75, 3.05) is 40.1 Å². The van der Waals surface area contributed by atoms with Gasteiger partial charge in [0, 0.05) is 11.6 Å². The zero-order valence-electron chi connectivity index (χ0n) is 17.0. The van der Waals surface area contributed by atoms with Crippen LogP contribution in [0, 0.1) is 0 Å². The molecular weight excluding hydrogens is 401 g/mol. The maximum atomic E-state index is 12.7. The van der Waals surface area contributed by atoms with E-state index in [1.165, 1.54) is 19.1 Å². The predicted octanol–water partition coefficient (Wildman–Crippen LogP) is 2.69. The molecule has 0 saturated carbocycles. The Morgan fingerprint density at radius 3 is 2.34 bits per heavy atom. The highest BCUT2D eigenvalue weighted by Crippen LogP contribution is 2.49. The molecule has 29 heavy (non-hydrogen) atoms. The maximum absolute atomic E-state index is 12.7. The van der Waals surface area contributed by atoms with Crippen molar-refractivity contribution < 1.29 is 37.8 Å². The van der Waals surface area contributed by atoms with E-state index >= 15 is 0 Å². The van der Waals surface area contributed by atoms with Gasteiger partial charge in [-0.1, -0.05) is 0 Å². The van der Waals surface area contributed by atoms with Crippen LogP contribution in [0.3, 0.4) is 0 Å². The molecule has 0 radical (unpaired) electrons. The smallest absolute Gasteiger partial charge is 0.338 e. The van der Waals surface area contributed by atoms with Gasteiger partial charge in [-0.3, -0.25) is 14.2 Å². The van der Waals surface area contributed by atoms with Crippen molar-refractivity contribution >= 4 is 19.3 Å². The van der Waals surface area contributed by atoms with E-state index in [-0.39, 0.29) is 26.3 Å². The Kier molecular flexibility index (Phi) is 7.84. The van der Waals surface area contributed by atoms with E-state index in [1.54, 1.807) is 32.0 Å². The quantitative estimate of drug-likeness (QED) is 0.263. The first-order valence-electron chi connectivity index (χ1n) is 9.12. The molecule has 1 heterocycles. The molecular formula is C19H26NO8P. The van der Waals surface area contributed by atoms with Crippen LogP contribution >= 0.6 is 7.60 Å². The lowest BCUT2D eigenvalue weighted by molar-refractivity contribution is -0.125. The number of aliphatic hydroxyl groups excluding tert-OH is 1. The highest BCUT2D eigenvalue weighted by Gasteiger charge is 2.39. The summed E-state index contributed by atoms with van der Waals surface area (Å²) in [6, 6.07) is 5.12. The summed E-state index contributed by atoms with van der Waals surface area (Å²) in [5.74, 6) is -0.697. The number of carbonyl (C=O) groups excluding carboxylic acids is 2. The molecule has 1 aromatic rings. The molecule has 1 aliphatic heterocycles. The Labute approximate surface area is 169 Å². The lowest BCUT2D eigenvalue weighted by Crippen LogP contribution is -2.25. The molecule has 1 N–H and O–H groups in total. The van der Waals surface area contributed by atoms with Gasteiger partial charge in [-0.05, 0) is 26.0 Å².